The fourth-order valence-corrected chi connectivity index (χ4v) is 3.14. The molecule has 5 nitrogen and oxygen atoms in total. The number of aromatic nitrogens is 1. The van der Waals surface area contributed by atoms with Crippen molar-refractivity contribution in [2.24, 2.45) is 5.73 Å². The lowest BCUT2D eigenvalue weighted by Crippen LogP contribution is -2.30. The van der Waals surface area contributed by atoms with Crippen molar-refractivity contribution in [1.82, 2.24) is 4.98 Å². The molecular formula is C13H12FN3O2S2. The summed E-state index contributed by atoms with van der Waals surface area (Å²) in [5, 5.41) is -0.648. The van der Waals surface area contributed by atoms with Gasteiger partial charge in [0.15, 0.2) is 5.82 Å². The van der Waals surface area contributed by atoms with Gasteiger partial charge in [-0.3, -0.25) is 4.31 Å². The van der Waals surface area contributed by atoms with Crippen LogP contribution in [0.2, 0.25) is 0 Å². The van der Waals surface area contributed by atoms with Gasteiger partial charge in [-0.05, 0) is 24.3 Å². The summed E-state index contributed by atoms with van der Waals surface area (Å²) in [5.41, 5.74) is 6.23. The Morgan fingerprint density at radius 2 is 1.95 bits per heavy atom. The van der Waals surface area contributed by atoms with Crippen molar-refractivity contribution < 1.29 is 12.8 Å². The Hall–Kier alpha value is -2.06. The summed E-state index contributed by atoms with van der Waals surface area (Å²) >= 11 is 4.90. The van der Waals surface area contributed by atoms with Crippen LogP contribution in [-0.4, -0.2) is 25.4 Å². The number of hydrogen-bond acceptors (Lipinski definition) is 4. The standard InChI is InChI=1S/C13H12FN3O2S2/c1-17(11-7-3-2-5-9(11)12(15)20)21(18,19)13-10(14)6-4-8-16-13/h2-8H,1H3,(H2,15,20). The smallest absolute Gasteiger partial charge is 0.284 e. The molecule has 2 rings (SSSR count). The number of sulfonamides is 1. The lowest BCUT2D eigenvalue weighted by Gasteiger charge is -2.21. The number of halogens is 1. The number of rotatable bonds is 4. The van der Waals surface area contributed by atoms with Gasteiger partial charge in [-0.2, -0.15) is 8.42 Å². The maximum Gasteiger partial charge on any atom is 0.284 e. The molecule has 21 heavy (non-hydrogen) atoms. The molecule has 0 aliphatic rings. The van der Waals surface area contributed by atoms with Crippen molar-refractivity contribution >= 4 is 32.9 Å². The van der Waals surface area contributed by atoms with Gasteiger partial charge in [0.2, 0.25) is 5.03 Å². The molecule has 0 aliphatic carbocycles. The first kappa shape index (κ1) is 15.3. The van der Waals surface area contributed by atoms with E-state index in [9.17, 15) is 12.8 Å². The first-order valence-electron chi connectivity index (χ1n) is 5.84. The molecule has 8 heteroatoms. The largest absolute Gasteiger partial charge is 0.389 e. The highest BCUT2D eigenvalue weighted by Gasteiger charge is 2.27. The van der Waals surface area contributed by atoms with Gasteiger partial charge in [-0.25, -0.2) is 9.37 Å². The van der Waals surface area contributed by atoms with Crippen LogP contribution in [0.4, 0.5) is 10.1 Å². The Balaban J connectivity index is 2.57. The topological polar surface area (TPSA) is 76.3 Å². The van der Waals surface area contributed by atoms with Crippen molar-refractivity contribution in [2.75, 3.05) is 11.4 Å². The van der Waals surface area contributed by atoms with Crippen molar-refractivity contribution in [2.45, 2.75) is 5.03 Å². The van der Waals surface area contributed by atoms with Gasteiger partial charge in [-0.1, -0.05) is 24.4 Å². The highest BCUT2D eigenvalue weighted by atomic mass is 32.2. The first-order valence-corrected chi connectivity index (χ1v) is 7.69. The van der Waals surface area contributed by atoms with E-state index in [2.05, 4.69) is 4.98 Å². The van der Waals surface area contributed by atoms with Crippen LogP contribution in [0.25, 0.3) is 0 Å². The molecule has 2 aromatic rings. The number of nitrogens with zero attached hydrogens (tertiary/aromatic N) is 2. The van der Waals surface area contributed by atoms with Crippen LogP contribution < -0.4 is 10.0 Å². The third-order valence-electron chi connectivity index (χ3n) is 2.84. The van der Waals surface area contributed by atoms with Gasteiger partial charge < -0.3 is 5.73 Å². The molecule has 0 atom stereocenters. The van der Waals surface area contributed by atoms with E-state index in [-0.39, 0.29) is 10.7 Å². The summed E-state index contributed by atoms with van der Waals surface area (Å²) in [5.74, 6) is -0.919. The molecule has 0 bridgehead atoms. The number of pyridine rings is 1. The Bertz CT molecular complexity index is 794. The SMILES string of the molecule is CN(c1ccccc1C(N)=S)S(=O)(=O)c1ncccc1F. The van der Waals surface area contributed by atoms with Gasteiger partial charge in [0, 0.05) is 18.8 Å². The van der Waals surface area contributed by atoms with Gasteiger partial charge >= 0.3 is 0 Å². The molecular weight excluding hydrogens is 313 g/mol. The average Bonchev–Trinajstić information content (AvgIpc) is 2.46. The van der Waals surface area contributed by atoms with E-state index in [1.165, 1.54) is 25.4 Å². The molecule has 0 spiro atoms. The minimum atomic E-state index is -4.15. The summed E-state index contributed by atoms with van der Waals surface area (Å²) in [6, 6.07) is 8.80. The second kappa shape index (κ2) is 5.74. The predicted molar refractivity (Wildman–Crippen MR) is 82.1 cm³/mol. The predicted octanol–water partition coefficient (Wildman–Crippen LogP) is 1.68. The Morgan fingerprint density at radius 1 is 1.29 bits per heavy atom. The summed E-state index contributed by atoms with van der Waals surface area (Å²) in [6.45, 7) is 0. The molecule has 0 radical (unpaired) electrons. The van der Waals surface area contributed by atoms with E-state index < -0.39 is 20.9 Å². The highest BCUT2D eigenvalue weighted by molar-refractivity contribution is 7.92. The summed E-state index contributed by atoms with van der Waals surface area (Å²) in [6.07, 6.45) is 1.21. The van der Waals surface area contributed by atoms with E-state index in [0.29, 0.717) is 5.56 Å². The zero-order valence-corrected chi connectivity index (χ0v) is 12.7. The average molecular weight is 325 g/mol. The highest BCUT2D eigenvalue weighted by Crippen LogP contribution is 2.25. The zero-order chi connectivity index (χ0) is 15.6. The number of nitrogens with two attached hydrogens (primary N) is 1. The lowest BCUT2D eigenvalue weighted by atomic mass is 10.2. The molecule has 1 aromatic heterocycles. The molecule has 0 fully saturated rings. The maximum absolute atomic E-state index is 13.7. The molecule has 0 aliphatic heterocycles. The van der Waals surface area contributed by atoms with E-state index >= 15 is 0 Å². The summed E-state index contributed by atoms with van der Waals surface area (Å²) in [7, 11) is -2.85. The summed E-state index contributed by atoms with van der Waals surface area (Å²) < 4.78 is 39.5. The van der Waals surface area contributed by atoms with Crippen molar-refractivity contribution in [1.29, 1.82) is 0 Å². The van der Waals surface area contributed by atoms with Gasteiger partial charge in [0.25, 0.3) is 10.0 Å². The van der Waals surface area contributed by atoms with Crippen molar-refractivity contribution in [3.8, 4) is 0 Å². The number of anilines is 1. The van der Waals surface area contributed by atoms with Crippen LogP contribution in [-0.2, 0) is 10.0 Å². The van der Waals surface area contributed by atoms with E-state index in [4.69, 9.17) is 18.0 Å². The van der Waals surface area contributed by atoms with Crippen LogP contribution in [0.1, 0.15) is 5.56 Å². The fraction of sp³-hybridized carbons (Fsp3) is 0.0769. The monoisotopic (exact) mass is 325 g/mol. The lowest BCUT2D eigenvalue weighted by molar-refractivity contribution is 0.552. The van der Waals surface area contributed by atoms with Crippen molar-refractivity contribution in [3.63, 3.8) is 0 Å². The van der Waals surface area contributed by atoms with Crippen LogP contribution in [0.3, 0.4) is 0 Å². The van der Waals surface area contributed by atoms with Crippen LogP contribution >= 0.6 is 12.2 Å². The molecule has 0 amide bonds. The van der Waals surface area contributed by atoms with E-state index in [1.807, 2.05) is 0 Å². The minimum absolute atomic E-state index is 0.0501. The van der Waals surface area contributed by atoms with Crippen molar-refractivity contribution in [3.05, 3.63) is 54.0 Å². The third-order valence-corrected chi connectivity index (χ3v) is 4.77. The third kappa shape index (κ3) is 2.86. The number of hydrogen-bond donors (Lipinski definition) is 1. The zero-order valence-electron chi connectivity index (χ0n) is 11.0. The van der Waals surface area contributed by atoms with Gasteiger partial charge in [-0.15, -0.1) is 0 Å². The normalized spacial score (nSPS) is 11.1. The van der Waals surface area contributed by atoms with Gasteiger partial charge in [0.05, 0.1) is 5.69 Å². The molecule has 0 saturated heterocycles. The quantitative estimate of drug-likeness (QED) is 0.866. The van der Waals surface area contributed by atoms with Gasteiger partial charge in [0.1, 0.15) is 4.99 Å². The Morgan fingerprint density at radius 3 is 2.57 bits per heavy atom. The number of benzene rings is 1. The second-order valence-electron chi connectivity index (χ2n) is 4.14. The minimum Gasteiger partial charge on any atom is -0.389 e. The Kier molecular flexibility index (Phi) is 4.19. The molecule has 0 unspecified atom stereocenters. The number of para-hydroxylation sites is 1. The molecule has 1 heterocycles. The Labute approximate surface area is 127 Å². The summed E-state index contributed by atoms with van der Waals surface area (Å²) in [4.78, 5) is 3.65. The molecule has 110 valence electrons. The molecule has 0 saturated carbocycles. The number of thiocarbonyl (C=S) groups is 1. The first-order chi connectivity index (χ1) is 9.85. The molecule has 1 aromatic carbocycles. The van der Waals surface area contributed by atoms with E-state index in [1.54, 1.807) is 18.2 Å². The fourth-order valence-electron chi connectivity index (χ4n) is 1.78. The van der Waals surface area contributed by atoms with Crippen LogP contribution in [0, 0.1) is 5.82 Å². The van der Waals surface area contributed by atoms with E-state index in [0.717, 1.165) is 10.4 Å². The van der Waals surface area contributed by atoms with Crippen LogP contribution in [0.15, 0.2) is 47.6 Å². The maximum atomic E-state index is 13.7. The second-order valence-corrected chi connectivity index (χ2v) is 6.47. The van der Waals surface area contributed by atoms with Crippen LogP contribution in [0.5, 0.6) is 0 Å². The molecule has 2 N–H and O–H groups in total.